The van der Waals surface area contributed by atoms with E-state index >= 15 is 0 Å². The highest BCUT2D eigenvalue weighted by Gasteiger charge is 2.41. The van der Waals surface area contributed by atoms with Crippen LogP contribution in [0.25, 0.3) is 5.82 Å². The number of aromatic nitrogens is 3. The number of fused-ring (bicyclic) bond motifs is 4. The van der Waals surface area contributed by atoms with Gasteiger partial charge in [0.05, 0.1) is 44.4 Å². The van der Waals surface area contributed by atoms with Crippen LogP contribution in [-0.2, 0) is 0 Å². The third-order valence-electron chi connectivity index (χ3n) is 7.58. The Bertz CT molecular complexity index is 1880. The Labute approximate surface area is 248 Å². The second-order valence-electron chi connectivity index (χ2n) is 10.0. The van der Waals surface area contributed by atoms with Gasteiger partial charge in [0.2, 0.25) is 0 Å². The van der Waals surface area contributed by atoms with E-state index in [2.05, 4.69) is 27.3 Å². The Morgan fingerprint density at radius 3 is 2.33 bits per heavy atom. The van der Waals surface area contributed by atoms with E-state index in [9.17, 15) is 0 Å². The highest BCUT2D eigenvalue weighted by molar-refractivity contribution is 6.51. The monoisotopic (exact) mass is 571 g/mol. The van der Waals surface area contributed by atoms with Gasteiger partial charge in [0.25, 0.3) is 0 Å². The highest BCUT2D eigenvalue weighted by Crippen LogP contribution is 2.49. The first-order valence-corrected chi connectivity index (χ1v) is 13.8. The number of methoxy groups -OCH3 is 3. The fraction of sp³-hybridized carbons (Fsp3) is 0.152. The number of anilines is 2. The van der Waals surface area contributed by atoms with Crippen molar-refractivity contribution in [3.05, 3.63) is 108 Å². The van der Waals surface area contributed by atoms with Gasteiger partial charge in [-0.1, -0.05) is 24.3 Å². The first-order chi connectivity index (χ1) is 21.1. The third kappa shape index (κ3) is 4.44. The number of nitrogens with one attached hydrogen (secondary N) is 1. The minimum atomic E-state index is -0.316. The largest absolute Gasteiger partial charge is 0.497 e. The number of amidine groups is 2. The Morgan fingerprint density at radius 2 is 1.58 bits per heavy atom. The molecule has 0 amide bonds. The molecule has 5 aromatic rings. The molecule has 0 saturated heterocycles. The molecule has 1 atom stereocenters. The van der Waals surface area contributed by atoms with Gasteiger partial charge in [0.15, 0.2) is 34.8 Å². The van der Waals surface area contributed by atoms with Gasteiger partial charge in [-0.05, 0) is 73.2 Å². The van der Waals surface area contributed by atoms with Crippen molar-refractivity contribution in [3.63, 3.8) is 0 Å². The summed E-state index contributed by atoms with van der Waals surface area (Å²) in [6.07, 6.45) is 1.75. The number of aliphatic imine (C=N–C) groups is 2. The number of hydrogen-bond acceptors (Lipinski definition) is 9. The molecule has 10 nitrogen and oxygen atoms in total. The van der Waals surface area contributed by atoms with Gasteiger partial charge in [0, 0.05) is 17.4 Å². The molecule has 0 radical (unpaired) electrons. The molecular formula is C33H29N7O3. The summed E-state index contributed by atoms with van der Waals surface area (Å²) in [7, 11) is 4.93. The van der Waals surface area contributed by atoms with Crippen molar-refractivity contribution in [2.45, 2.75) is 13.0 Å². The SMILES string of the molecule is COc1ccc(NC2=Nc3ccccc3N3C2=Nc2c(c(C)nn2-c2ccccn2)[C@H]3c2ccc(OC)c(OC)c2)cc1. The first kappa shape index (κ1) is 26.3. The van der Waals surface area contributed by atoms with Crippen LogP contribution in [0.4, 0.5) is 22.9 Å². The number of pyridine rings is 1. The summed E-state index contributed by atoms with van der Waals surface area (Å²) in [4.78, 5) is 17.1. The summed E-state index contributed by atoms with van der Waals surface area (Å²) in [5.41, 5.74) is 5.38. The molecule has 0 saturated carbocycles. The fourth-order valence-electron chi connectivity index (χ4n) is 5.59. The summed E-state index contributed by atoms with van der Waals surface area (Å²) in [5.74, 6) is 4.67. The second kappa shape index (κ2) is 10.6. The molecule has 214 valence electrons. The summed E-state index contributed by atoms with van der Waals surface area (Å²) >= 11 is 0. The zero-order valence-corrected chi connectivity index (χ0v) is 24.1. The van der Waals surface area contributed by atoms with E-state index in [1.807, 2.05) is 79.7 Å². The van der Waals surface area contributed by atoms with E-state index in [-0.39, 0.29) is 6.04 Å². The average Bonchev–Trinajstić information content (AvgIpc) is 3.40. The molecule has 2 aliphatic heterocycles. The van der Waals surface area contributed by atoms with Gasteiger partial charge in [-0.15, -0.1) is 0 Å². The second-order valence-corrected chi connectivity index (χ2v) is 10.0. The van der Waals surface area contributed by atoms with Gasteiger partial charge >= 0.3 is 0 Å². The lowest BCUT2D eigenvalue weighted by atomic mass is 9.93. The Hall–Kier alpha value is -5.64. The average molecular weight is 572 g/mol. The molecule has 0 unspecified atom stereocenters. The van der Waals surface area contributed by atoms with Crippen molar-refractivity contribution in [1.29, 1.82) is 0 Å². The maximum atomic E-state index is 5.73. The van der Waals surface area contributed by atoms with Crippen LogP contribution in [0.5, 0.6) is 17.2 Å². The van der Waals surface area contributed by atoms with Crippen molar-refractivity contribution >= 4 is 34.6 Å². The molecule has 7 rings (SSSR count). The molecule has 2 aliphatic rings. The lowest BCUT2D eigenvalue weighted by Crippen LogP contribution is -2.46. The number of para-hydroxylation sites is 2. The van der Waals surface area contributed by atoms with E-state index < -0.39 is 0 Å². The van der Waals surface area contributed by atoms with E-state index in [0.29, 0.717) is 34.8 Å². The maximum absolute atomic E-state index is 5.73. The van der Waals surface area contributed by atoms with Crippen molar-refractivity contribution in [2.75, 3.05) is 31.5 Å². The molecule has 43 heavy (non-hydrogen) atoms. The molecule has 0 bridgehead atoms. The minimum Gasteiger partial charge on any atom is -0.497 e. The third-order valence-corrected chi connectivity index (χ3v) is 7.58. The summed E-state index contributed by atoms with van der Waals surface area (Å²) in [6, 6.07) is 27.2. The minimum absolute atomic E-state index is 0.316. The Kier molecular flexibility index (Phi) is 6.50. The molecular weight excluding hydrogens is 542 g/mol. The summed E-state index contributed by atoms with van der Waals surface area (Å²) in [5, 5.41) is 8.46. The lowest BCUT2D eigenvalue weighted by molar-refractivity contribution is 0.354. The van der Waals surface area contributed by atoms with E-state index in [4.69, 9.17) is 29.3 Å². The molecule has 4 heterocycles. The predicted molar refractivity (Wildman–Crippen MR) is 167 cm³/mol. The van der Waals surface area contributed by atoms with Gasteiger partial charge in [-0.2, -0.15) is 9.78 Å². The number of nitrogens with zero attached hydrogens (tertiary/aromatic N) is 6. The van der Waals surface area contributed by atoms with E-state index in [1.165, 1.54) is 0 Å². The molecule has 2 aromatic heterocycles. The van der Waals surface area contributed by atoms with Crippen molar-refractivity contribution in [3.8, 4) is 23.1 Å². The maximum Gasteiger partial charge on any atom is 0.179 e. The van der Waals surface area contributed by atoms with Crippen LogP contribution in [0.15, 0.2) is 101 Å². The van der Waals surface area contributed by atoms with Crippen LogP contribution in [0.3, 0.4) is 0 Å². The summed E-state index contributed by atoms with van der Waals surface area (Å²) < 4.78 is 18.5. The topological polar surface area (TPSA) is 98.4 Å². The Morgan fingerprint density at radius 1 is 0.791 bits per heavy atom. The standard InChI is InChI=1S/C33H29N7O3/c1-20-29-30(21-12-17-26(42-3)27(19-21)43-4)39-25-10-6-5-9-24(25)36-31(35-22-13-15-23(41-2)16-14-22)33(39)37-32(29)40(38-20)28-11-7-8-18-34-28/h5-19,30H,1-4H3,(H,35,36)/t30-/m1/s1. The van der Waals surface area contributed by atoms with Crippen molar-refractivity contribution in [1.82, 2.24) is 14.8 Å². The van der Waals surface area contributed by atoms with Crippen LogP contribution >= 0.6 is 0 Å². The first-order valence-electron chi connectivity index (χ1n) is 13.8. The van der Waals surface area contributed by atoms with Gasteiger partial charge in [0.1, 0.15) is 5.75 Å². The smallest absolute Gasteiger partial charge is 0.179 e. The zero-order chi connectivity index (χ0) is 29.5. The van der Waals surface area contributed by atoms with Crippen LogP contribution in [-0.4, -0.2) is 47.8 Å². The number of hydrogen-bond donors (Lipinski definition) is 1. The fourth-order valence-corrected chi connectivity index (χ4v) is 5.59. The normalized spacial score (nSPS) is 15.0. The van der Waals surface area contributed by atoms with Crippen LogP contribution in [0.1, 0.15) is 22.9 Å². The number of benzene rings is 3. The van der Waals surface area contributed by atoms with Crippen LogP contribution < -0.4 is 24.4 Å². The molecule has 0 fully saturated rings. The molecule has 3 aromatic carbocycles. The summed E-state index contributed by atoms with van der Waals surface area (Å²) in [6.45, 7) is 2.01. The number of rotatable bonds is 6. The molecule has 0 aliphatic carbocycles. The van der Waals surface area contributed by atoms with Gasteiger partial charge in [-0.25, -0.2) is 15.0 Å². The number of aryl methyl sites for hydroxylation is 1. The van der Waals surface area contributed by atoms with E-state index in [1.54, 1.807) is 32.2 Å². The van der Waals surface area contributed by atoms with E-state index in [0.717, 1.165) is 39.6 Å². The lowest BCUT2D eigenvalue weighted by Gasteiger charge is -2.40. The zero-order valence-electron chi connectivity index (χ0n) is 24.1. The Balaban J connectivity index is 1.48. The highest BCUT2D eigenvalue weighted by atomic mass is 16.5. The molecule has 10 heteroatoms. The molecule has 1 N–H and O–H groups in total. The van der Waals surface area contributed by atoms with Crippen molar-refractivity contribution in [2.24, 2.45) is 9.98 Å². The van der Waals surface area contributed by atoms with Crippen LogP contribution in [0, 0.1) is 6.92 Å². The quantitative estimate of drug-likeness (QED) is 0.252. The molecule has 0 spiro atoms. The van der Waals surface area contributed by atoms with Crippen molar-refractivity contribution < 1.29 is 14.2 Å². The van der Waals surface area contributed by atoms with Crippen LogP contribution in [0.2, 0.25) is 0 Å². The number of ether oxygens (including phenoxy) is 3. The van der Waals surface area contributed by atoms with Gasteiger partial charge in [-0.3, -0.25) is 0 Å². The van der Waals surface area contributed by atoms with Gasteiger partial charge < -0.3 is 24.4 Å². The predicted octanol–water partition coefficient (Wildman–Crippen LogP) is 6.40.